The molecule has 0 heterocycles. The van der Waals surface area contributed by atoms with Crippen molar-refractivity contribution in [3.05, 3.63) is 36.9 Å². The number of halogens is 2. The van der Waals surface area contributed by atoms with Gasteiger partial charge in [-0.3, -0.25) is 10.1 Å². The van der Waals surface area contributed by atoms with Crippen molar-refractivity contribution in [1.82, 2.24) is 0 Å². The van der Waals surface area contributed by atoms with Crippen LogP contribution in [0.5, 0.6) is 0 Å². The van der Waals surface area contributed by atoms with Gasteiger partial charge >= 0.3 is 6.09 Å². The molecule has 0 radical (unpaired) electrons. The summed E-state index contributed by atoms with van der Waals surface area (Å²) in [5, 5.41) is 5.38. The molecule has 2 N–H and O–H groups in total. The number of hydrogen-bond acceptors (Lipinski definition) is 3. The highest BCUT2D eigenvalue weighted by Gasteiger charge is 2.17. The molecule has 0 saturated heterocycles. The van der Waals surface area contributed by atoms with Gasteiger partial charge in [0.25, 0.3) is 0 Å². The lowest BCUT2D eigenvalue weighted by atomic mass is 10.2. The van der Waals surface area contributed by atoms with E-state index in [2.05, 4.69) is 17.2 Å². The van der Waals surface area contributed by atoms with Crippen LogP contribution >= 0.6 is 23.2 Å². The molecule has 22 heavy (non-hydrogen) atoms. The number of anilines is 2. The zero-order chi connectivity index (χ0) is 17.2. The number of hydrogen-bond donors (Lipinski definition) is 2. The van der Waals surface area contributed by atoms with Crippen LogP contribution in [0, 0.1) is 0 Å². The minimum atomic E-state index is -0.580. The zero-order valence-corrected chi connectivity index (χ0v) is 14.3. The SMILES string of the molecule is C=CC(=O)Nc1ccccc1NC(=O)OC(C)(C)C.ClCCl. The quantitative estimate of drug-likeness (QED) is 0.621. The van der Waals surface area contributed by atoms with Gasteiger partial charge in [0, 0.05) is 0 Å². The first-order valence-corrected chi connectivity index (χ1v) is 7.44. The fraction of sp³-hybridized carbons (Fsp3) is 0.333. The number of alkyl halides is 2. The Balaban J connectivity index is 0.00000135. The van der Waals surface area contributed by atoms with E-state index in [4.69, 9.17) is 27.9 Å². The summed E-state index contributed by atoms with van der Waals surface area (Å²) >= 11 is 9.53. The van der Waals surface area contributed by atoms with Gasteiger partial charge in [-0.15, -0.1) is 23.2 Å². The lowest BCUT2D eigenvalue weighted by Gasteiger charge is -2.20. The highest BCUT2D eigenvalue weighted by atomic mass is 35.5. The van der Waals surface area contributed by atoms with Crippen LogP contribution in [0.2, 0.25) is 0 Å². The summed E-state index contributed by atoms with van der Waals surface area (Å²) in [5.74, 6) is -0.349. The number of carbonyl (C=O) groups excluding carboxylic acids is 2. The minimum absolute atomic E-state index is 0.194. The molecule has 122 valence electrons. The Labute approximate surface area is 140 Å². The van der Waals surface area contributed by atoms with Gasteiger partial charge in [-0.25, -0.2) is 4.79 Å². The third-order valence-corrected chi connectivity index (χ3v) is 2.01. The van der Waals surface area contributed by atoms with Gasteiger partial charge in [-0.2, -0.15) is 0 Å². The second-order valence-corrected chi connectivity index (χ2v) is 5.77. The zero-order valence-electron chi connectivity index (χ0n) is 12.8. The normalized spacial score (nSPS) is 9.86. The number of amides is 2. The Morgan fingerprint density at radius 2 is 1.64 bits per heavy atom. The Bertz CT molecular complexity index is 514. The number of carbonyl (C=O) groups is 2. The van der Waals surface area contributed by atoms with Crippen LogP contribution in [-0.4, -0.2) is 22.9 Å². The van der Waals surface area contributed by atoms with Crippen LogP contribution in [0.15, 0.2) is 36.9 Å². The van der Waals surface area contributed by atoms with Crippen LogP contribution in [0.4, 0.5) is 16.2 Å². The molecular formula is C15H20Cl2N2O3. The maximum Gasteiger partial charge on any atom is 0.412 e. The largest absolute Gasteiger partial charge is 0.444 e. The highest BCUT2D eigenvalue weighted by molar-refractivity contribution is 6.40. The van der Waals surface area contributed by atoms with Crippen molar-refractivity contribution < 1.29 is 14.3 Å². The Morgan fingerprint density at radius 3 is 2.05 bits per heavy atom. The van der Waals surface area contributed by atoms with Gasteiger partial charge in [0.2, 0.25) is 5.91 Å². The van der Waals surface area contributed by atoms with Gasteiger partial charge in [0.15, 0.2) is 0 Å². The Kier molecular flexibility index (Phi) is 9.29. The van der Waals surface area contributed by atoms with Crippen molar-refractivity contribution in [2.75, 3.05) is 16.0 Å². The molecule has 2 amide bonds. The van der Waals surface area contributed by atoms with Crippen LogP contribution in [0.1, 0.15) is 20.8 Å². The first-order chi connectivity index (χ1) is 10.2. The maximum atomic E-state index is 11.7. The van der Waals surface area contributed by atoms with Crippen molar-refractivity contribution in [2.45, 2.75) is 26.4 Å². The standard InChI is InChI=1S/C14H18N2O3.CH2Cl2/c1-5-12(17)15-10-8-6-7-9-11(10)16-13(18)19-14(2,3)4;2-1-3/h5-9H,1H2,2-4H3,(H,15,17)(H,16,18);1H2. The van der Waals surface area contributed by atoms with E-state index in [1.807, 2.05) is 0 Å². The monoisotopic (exact) mass is 346 g/mol. The molecule has 1 rings (SSSR count). The van der Waals surface area contributed by atoms with Crippen molar-refractivity contribution in [3.8, 4) is 0 Å². The predicted molar refractivity (Wildman–Crippen MR) is 91.7 cm³/mol. The fourth-order valence-corrected chi connectivity index (χ4v) is 1.30. The molecule has 0 aliphatic rings. The van der Waals surface area contributed by atoms with Gasteiger partial charge in [0.05, 0.1) is 16.7 Å². The second kappa shape index (κ2) is 10.1. The topological polar surface area (TPSA) is 67.4 Å². The van der Waals surface area contributed by atoms with Crippen molar-refractivity contribution in [3.63, 3.8) is 0 Å². The molecule has 0 fully saturated rings. The van der Waals surface area contributed by atoms with E-state index in [1.54, 1.807) is 45.0 Å². The number of nitrogens with one attached hydrogen (secondary N) is 2. The number of benzene rings is 1. The molecule has 1 aromatic carbocycles. The van der Waals surface area contributed by atoms with Crippen LogP contribution in [-0.2, 0) is 9.53 Å². The van der Waals surface area contributed by atoms with E-state index >= 15 is 0 Å². The molecule has 5 nitrogen and oxygen atoms in total. The van der Waals surface area contributed by atoms with E-state index in [0.717, 1.165) is 6.08 Å². The van der Waals surface area contributed by atoms with E-state index in [-0.39, 0.29) is 11.2 Å². The molecule has 0 unspecified atom stereocenters. The van der Waals surface area contributed by atoms with Crippen molar-refractivity contribution >= 4 is 46.6 Å². The number of ether oxygens (including phenoxy) is 1. The summed E-state index contributed by atoms with van der Waals surface area (Å²) in [4.78, 5) is 22.9. The molecule has 7 heteroatoms. The van der Waals surface area contributed by atoms with Gasteiger partial charge < -0.3 is 10.1 Å². The van der Waals surface area contributed by atoms with Crippen LogP contribution < -0.4 is 10.6 Å². The number of para-hydroxylation sites is 2. The smallest absolute Gasteiger partial charge is 0.412 e. The molecule has 0 aromatic heterocycles. The third-order valence-electron chi connectivity index (χ3n) is 2.01. The van der Waals surface area contributed by atoms with Crippen LogP contribution in [0.3, 0.4) is 0 Å². The third kappa shape index (κ3) is 9.26. The van der Waals surface area contributed by atoms with Crippen LogP contribution in [0.25, 0.3) is 0 Å². The molecule has 0 spiro atoms. The van der Waals surface area contributed by atoms with E-state index in [0.29, 0.717) is 11.4 Å². The lowest BCUT2D eigenvalue weighted by Crippen LogP contribution is -2.27. The Morgan fingerprint density at radius 1 is 1.18 bits per heavy atom. The molecular weight excluding hydrogens is 327 g/mol. The average molecular weight is 347 g/mol. The summed E-state index contributed by atoms with van der Waals surface area (Å²) in [6, 6.07) is 6.84. The summed E-state index contributed by atoms with van der Waals surface area (Å²) in [5.41, 5.74) is 0.369. The van der Waals surface area contributed by atoms with Gasteiger partial charge in [-0.1, -0.05) is 18.7 Å². The molecule has 0 aliphatic heterocycles. The highest BCUT2D eigenvalue weighted by Crippen LogP contribution is 2.21. The molecule has 0 aliphatic carbocycles. The van der Waals surface area contributed by atoms with E-state index in [9.17, 15) is 9.59 Å². The van der Waals surface area contributed by atoms with Crippen molar-refractivity contribution in [2.24, 2.45) is 0 Å². The summed E-state index contributed by atoms with van der Waals surface area (Å²) < 4.78 is 5.15. The van der Waals surface area contributed by atoms with Gasteiger partial charge in [0.1, 0.15) is 5.60 Å². The molecule has 0 atom stereocenters. The first-order valence-electron chi connectivity index (χ1n) is 6.38. The van der Waals surface area contributed by atoms with Crippen molar-refractivity contribution in [1.29, 1.82) is 0 Å². The number of rotatable bonds is 3. The second-order valence-electron chi connectivity index (χ2n) is 4.97. The molecule has 0 bridgehead atoms. The average Bonchev–Trinajstić information content (AvgIpc) is 2.39. The summed E-state index contributed by atoms with van der Waals surface area (Å²) in [7, 11) is 0. The lowest BCUT2D eigenvalue weighted by molar-refractivity contribution is -0.111. The summed E-state index contributed by atoms with van der Waals surface area (Å²) in [6.45, 7) is 8.70. The van der Waals surface area contributed by atoms with E-state index < -0.39 is 11.7 Å². The molecule has 1 aromatic rings. The minimum Gasteiger partial charge on any atom is -0.444 e. The molecule has 0 saturated carbocycles. The fourth-order valence-electron chi connectivity index (χ4n) is 1.30. The summed E-state index contributed by atoms with van der Waals surface area (Å²) in [6.07, 6.45) is 0.581. The van der Waals surface area contributed by atoms with E-state index in [1.165, 1.54) is 0 Å². The Hall–Kier alpha value is -1.72. The van der Waals surface area contributed by atoms with Gasteiger partial charge in [-0.05, 0) is 39.0 Å². The predicted octanol–water partition coefficient (Wildman–Crippen LogP) is 4.58. The maximum absolute atomic E-state index is 11.7. The first kappa shape index (κ1) is 20.3.